The number of benzene rings is 7. The number of fused-ring (bicyclic) bond motifs is 3. The second-order valence-electron chi connectivity index (χ2n) is 13.4. The molecule has 2 aromatic heterocycles. The molecule has 2 heterocycles. The fourth-order valence-electron chi connectivity index (χ4n) is 7.84. The number of aromatic nitrogens is 2. The molecule has 0 amide bonds. The summed E-state index contributed by atoms with van der Waals surface area (Å²) in [6.07, 6.45) is 3.55. The molecule has 0 aliphatic rings. The Balaban J connectivity index is 1.22. The van der Waals surface area contributed by atoms with Crippen LogP contribution in [0.25, 0.3) is 66.0 Å². The van der Waals surface area contributed by atoms with Gasteiger partial charge in [0.05, 0.1) is 16.7 Å². The summed E-state index contributed by atoms with van der Waals surface area (Å²) >= 11 is 0. The zero-order chi connectivity index (χ0) is 34.1. The van der Waals surface area contributed by atoms with E-state index in [4.69, 9.17) is 9.97 Å². The Labute approximate surface area is 298 Å². The lowest BCUT2D eigenvalue weighted by Crippen LogP contribution is -2.03. The Morgan fingerprint density at radius 1 is 0.431 bits per heavy atom. The summed E-state index contributed by atoms with van der Waals surface area (Å²) < 4.78 is 0. The Kier molecular flexibility index (Phi) is 7.91. The Morgan fingerprint density at radius 2 is 1.02 bits per heavy atom. The van der Waals surface area contributed by atoms with Crippen molar-refractivity contribution >= 4 is 32.6 Å². The molecule has 0 saturated heterocycles. The maximum absolute atomic E-state index is 5.33. The minimum Gasteiger partial charge on any atom is -0.256 e. The third kappa shape index (κ3) is 5.75. The van der Waals surface area contributed by atoms with Gasteiger partial charge < -0.3 is 0 Å². The predicted octanol–water partition coefficient (Wildman–Crippen LogP) is 12.4. The Bertz CT molecular complexity index is 2680. The number of nitrogens with zero attached hydrogens (tertiary/aromatic N) is 2. The van der Waals surface area contributed by atoms with Crippen LogP contribution in [-0.2, 0) is 12.8 Å². The summed E-state index contributed by atoms with van der Waals surface area (Å²) in [6, 6.07) is 60.8. The van der Waals surface area contributed by atoms with Gasteiger partial charge in [-0.05, 0) is 92.4 Å². The van der Waals surface area contributed by atoms with Crippen LogP contribution in [0.5, 0.6) is 0 Å². The maximum Gasteiger partial charge on any atom is 0.0708 e. The van der Waals surface area contributed by atoms with Gasteiger partial charge in [-0.25, -0.2) is 0 Å². The lowest BCUT2D eigenvalue weighted by atomic mass is 9.88. The van der Waals surface area contributed by atoms with Gasteiger partial charge in [0, 0.05) is 29.0 Å². The van der Waals surface area contributed by atoms with Crippen molar-refractivity contribution in [1.29, 1.82) is 0 Å². The molecule has 0 fully saturated rings. The van der Waals surface area contributed by atoms with Gasteiger partial charge in [0.25, 0.3) is 0 Å². The highest BCUT2D eigenvalue weighted by molar-refractivity contribution is 5.99. The van der Waals surface area contributed by atoms with Gasteiger partial charge in [-0.15, -0.1) is 0 Å². The highest BCUT2D eigenvalue weighted by atomic mass is 14.7. The van der Waals surface area contributed by atoms with Crippen LogP contribution in [0.15, 0.2) is 176 Å². The van der Waals surface area contributed by atoms with Crippen molar-refractivity contribution in [3.63, 3.8) is 0 Å². The van der Waals surface area contributed by atoms with E-state index >= 15 is 0 Å². The van der Waals surface area contributed by atoms with Crippen LogP contribution in [0.2, 0.25) is 0 Å². The van der Waals surface area contributed by atoms with Crippen LogP contribution in [0.1, 0.15) is 27.9 Å². The number of aryl methyl sites for hydroxylation is 1. The van der Waals surface area contributed by atoms with Crippen LogP contribution < -0.4 is 0 Å². The first kappa shape index (κ1) is 30.7. The van der Waals surface area contributed by atoms with Gasteiger partial charge in [0.2, 0.25) is 0 Å². The molecule has 2 nitrogen and oxygen atoms in total. The number of rotatable bonds is 7. The fourth-order valence-corrected chi connectivity index (χ4v) is 7.84. The minimum atomic E-state index is 0.663. The quantitative estimate of drug-likeness (QED) is 0.171. The number of para-hydroxylation sites is 1. The number of hydrogen-bond acceptors (Lipinski definition) is 2. The van der Waals surface area contributed by atoms with Crippen molar-refractivity contribution in [2.75, 3.05) is 0 Å². The first-order valence-electron chi connectivity index (χ1n) is 17.7. The average Bonchev–Trinajstić information content (AvgIpc) is 3.19. The van der Waals surface area contributed by atoms with Crippen LogP contribution in [0.3, 0.4) is 0 Å². The van der Waals surface area contributed by atoms with Gasteiger partial charge in [0.1, 0.15) is 0 Å². The largest absolute Gasteiger partial charge is 0.256 e. The van der Waals surface area contributed by atoms with Gasteiger partial charge in [-0.1, -0.05) is 152 Å². The van der Waals surface area contributed by atoms with Crippen molar-refractivity contribution in [2.45, 2.75) is 19.8 Å². The number of pyridine rings is 2. The van der Waals surface area contributed by atoms with Crippen molar-refractivity contribution in [3.05, 3.63) is 204 Å². The maximum atomic E-state index is 5.33. The summed E-state index contributed by atoms with van der Waals surface area (Å²) in [5.74, 6) is 0. The zero-order valence-electron chi connectivity index (χ0n) is 28.6. The smallest absolute Gasteiger partial charge is 0.0708 e. The molecule has 51 heavy (non-hydrogen) atoms. The molecule has 0 aliphatic heterocycles. The molecule has 0 unspecified atom stereocenters. The standard InChI is InChI=1S/C49H36N2/c1-33-41-22-13-14-24-45(41)51-46(47(33)36-16-5-2-6-17-36)31-40-32-50-44-28-25-34(30-43(44)49(40)38-20-9-4-10-21-38)29-39-27-26-35-15-11-12-23-42(35)48(39)37-18-7-3-8-19-37/h2-28,30,32H,29,31H2,1H3. The first-order valence-corrected chi connectivity index (χ1v) is 17.7. The molecule has 0 saturated carbocycles. The molecule has 242 valence electrons. The van der Waals surface area contributed by atoms with Crippen LogP contribution in [0, 0.1) is 6.92 Å². The van der Waals surface area contributed by atoms with Crippen molar-refractivity contribution in [2.24, 2.45) is 0 Å². The van der Waals surface area contributed by atoms with Crippen molar-refractivity contribution < 1.29 is 0 Å². The summed E-state index contributed by atoms with van der Waals surface area (Å²) in [6.45, 7) is 2.23. The van der Waals surface area contributed by atoms with Crippen LogP contribution in [0.4, 0.5) is 0 Å². The fraction of sp³-hybridized carbons (Fsp3) is 0.0612. The van der Waals surface area contributed by atoms with E-state index in [2.05, 4.69) is 183 Å². The molecule has 0 radical (unpaired) electrons. The minimum absolute atomic E-state index is 0.663. The second kappa shape index (κ2) is 13.2. The highest BCUT2D eigenvalue weighted by Gasteiger charge is 2.19. The molecule has 9 rings (SSSR count). The van der Waals surface area contributed by atoms with E-state index in [9.17, 15) is 0 Å². The van der Waals surface area contributed by atoms with E-state index in [0.717, 1.165) is 28.5 Å². The van der Waals surface area contributed by atoms with Gasteiger partial charge in [-0.2, -0.15) is 0 Å². The summed E-state index contributed by atoms with van der Waals surface area (Å²) in [5, 5.41) is 4.89. The van der Waals surface area contributed by atoms with Gasteiger partial charge in [0.15, 0.2) is 0 Å². The molecular weight excluding hydrogens is 617 g/mol. The molecule has 0 atom stereocenters. The predicted molar refractivity (Wildman–Crippen MR) is 214 cm³/mol. The molecule has 9 aromatic rings. The van der Waals surface area contributed by atoms with Crippen LogP contribution in [-0.4, -0.2) is 9.97 Å². The zero-order valence-corrected chi connectivity index (χ0v) is 28.6. The second-order valence-corrected chi connectivity index (χ2v) is 13.4. The SMILES string of the molecule is Cc1c(-c2ccccc2)c(Cc2cnc3ccc(Cc4ccc5ccccc5c4-c4ccccc4)cc3c2-c2ccccc2)nc2ccccc12. The van der Waals surface area contributed by atoms with Gasteiger partial charge >= 0.3 is 0 Å². The van der Waals surface area contributed by atoms with Crippen molar-refractivity contribution in [3.8, 4) is 33.4 Å². The molecule has 7 aromatic carbocycles. The van der Waals surface area contributed by atoms with Crippen molar-refractivity contribution in [1.82, 2.24) is 9.97 Å². The van der Waals surface area contributed by atoms with E-state index in [1.165, 1.54) is 71.8 Å². The summed E-state index contributed by atoms with van der Waals surface area (Å²) in [7, 11) is 0. The molecule has 0 spiro atoms. The third-order valence-electron chi connectivity index (χ3n) is 10.2. The lowest BCUT2D eigenvalue weighted by molar-refractivity contribution is 1.08. The topological polar surface area (TPSA) is 25.8 Å². The highest BCUT2D eigenvalue weighted by Crippen LogP contribution is 2.38. The molecular formula is C49H36N2. The van der Waals surface area contributed by atoms with E-state index in [0.29, 0.717) is 6.42 Å². The monoisotopic (exact) mass is 652 g/mol. The normalized spacial score (nSPS) is 11.4. The summed E-state index contributed by atoms with van der Waals surface area (Å²) in [4.78, 5) is 10.4. The van der Waals surface area contributed by atoms with E-state index in [1.807, 2.05) is 0 Å². The summed E-state index contributed by atoms with van der Waals surface area (Å²) in [5.41, 5.74) is 15.4. The average molecular weight is 653 g/mol. The third-order valence-corrected chi connectivity index (χ3v) is 10.2. The van der Waals surface area contributed by atoms with E-state index in [-0.39, 0.29) is 0 Å². The Hall–Kier alpha value is -6.38. The number of hydrogen-bond donors (Lipinski definition) is 0. The Morgan fingerprint density at radius 3 is 1.73 bits per heavy atom. The van der Waals surface area contributed by atoms with E-state index < -0.39 is 0 Å². The first-order chi connectivity index (χ1) is 25.2. The lowest BCUT2D eigenvalue weighted by Gasteiger charge is -2.18. The molecule has 0 aliphatic carbocycles. The van der Waals surface area contributed by atoms with E-state index in [1.54, 1.807) is 0 Å². The van der Waals surface area contributed by atoms with Gasteiger partial charge in [-0.3, -0.25) is 9.97 Å². The molecule has 0 N–H and O–H groups in total. The molecule has 0 bridgehead atoms. The molecule has 2 heteroatoms. The van der Waals surface area contributed by atoms with Crippen LogP contribution >= 0.6 is 0 Å².